The van der Waals surface area contributed by atoms with Crippen LogP contribution < -0.4 is 10.2 Å². The molecular formula is C16H23N2O2+. The second-order valence-electron chi connectivity index (χ2n) is 6.38. The van der Waals surface area contributed by atoms with Crippen LogP contribution in [0.5, 0.6) is 5.75 Å². The number of morpholine rings is 1. The minimum Gasteiger partial charge on any atom is -0.508 e. The molecule has 0 spiro atoms. The molecule has 0 amide bonds. The number of fused-ring (bicyclic) bond motifs is 3. The molecule has 0 unspecified atom stereocenters. The molecule has 2 fully saturated rings. The minimum atomic E-state index is 0.137. The van der Waals surface area contributed by atoms with Crippen LogP contribution in [0, 0.1) is 0 Å². The summed E-state index contributed by atoms with van der Waals surface area (Å²) in [5.74, 6) is 0.926. The molecule has 2 aliphatic heterocycles. The summed E-state index contributed by atoms with van der Waals surface area (Å²) in [4.78, 5) is 1.64. The Morgan fingerprint density at radius 1 is 1.25 bits per heavy atom. The third-order valence-corrected chi connectivity index (χ3v) is 5.40. The number of quaternary nitrogens is 1. The van der Waals surface area contributed by atoms with Gasteiger partial charge in [-0.2, -0.15) is 0 Å². The van der Waals surface area contributed by atoms with Crippen molar-refractivity contribution in [2.24, 2.45) is 0 Å². The highest BCUT2D eigenvalue weighted by molar-refractivity contribution is 5.62. The molecule has 3 N–H and O–H groups in total. The van der Waals surface area contributed by atoms with Gasteiger partial charge in [-0.3, -0.25) is 0 Å². The van der Waals surface area contributed by atoms with Crippen LogP contribution in [0.25, 0.3) is 0 Å². The highest BCUT2D eigenvalue weighted by Gasteiger charge is 2.54. The van der Waals surface area contributed by atoms with Gasteiger partial charge in [-0.15, -0.1) is 0 Å². The SMILES string of the molecule is Oc1ccc2c(c1)[C@H]1CCCC[C@]1([NH+]1CCOCC1)N2. The number of rotatable bonds is 1. The molecule has 20 heavy (non-hydrogen) atoms. The third-order valence-electron chi connectivity index (χ3n) is 5.40. The number of hydrogen-bond acceptors (Lipinski definition) is 3. The Kier molecular flexibility index (Phi) is 2.89. The Labute approximate surface area is 119 Å². The van der Waals surface area contributed by atoms with E-state index in [1.54, 1.807) is 11.0 Å². The third kappa shape index (κ3) is 1.75. The number of phenolic OH excluding ortho intramolecular Hbond substituents is 1. The lowest BCUT2D eigenvalue weighted by atomic mass is 9.76. The summed E-state index contributed by atoms with van der Waals surface area (Å²) in [7, 11) is 0. The standard InChI is InChI=1S/C16H22N2O2/c19-12-4-5-15-13(11-12)14-3-1-2-6-16(14,17-15)18-7-9-20-10-8-18/h4-5,11,14,17,19H,1-3,6-10H2/p+1/t14-,16-/m1/s1. The van der Waals surface area contributed by atoms with Crippen molar-refractivity contribution in [3.63, 3.8) is 0 Å². The topological polar surface area (TPSA) is 45.9 Å². The summed E-state index contributed by atoms with van der Waals surface area (Å²) in [6, 6.07) is 5.82. The van der Waals surface area contributed by atoms with Gasteiger partial charge in [-0.1, -0.05) is 6.42 Å². The van der Waals surface area contributed by atoms with Crippen LogP contribution in [-0.2, 0) is 4.74 Å². The number of ether oxygens (including phenoxy) is 1. The van der Waals surface area contributed by atoms with Crippen molar-refractivity contribution < 1.29 is 14.7 Å². The fourth-order valence-electron chi connectivity index (χ4n) is 4.51. The van der Waals surface area contributed by atoms with Crippen LogP contribution in [0.3, 0.4) is 0 Å². The summed E-state index contributed by atoms with van der Waals surface area (Å²) in [6.45, 7) is 3.91. The van der Waals surface area contributed by atoms with Crippen LogP contribution in [0.4, 0.5) is 5.69 Å². The van der Waals surface area contributed by atoms with E-state index in [0.29, 0.717) is 11.7 Å². The van der Waals surface area contributed by atoms with E-state index in [9.17, 15) is 5.11 Å². The molecule has 1 saturated heterocycles. The number of benzene rings is 1. The predicted molar refractivity (Wildman–Crippen MR) is 77.2 cm³/mol. The number of hydrogen-bond donors (Lipinski definition) is 3. The van der Waals surface area contributed by atoms with Gasteiger partial charge in [0.05, 0.1) is 19.1 Å². The average Bonchev–Trinajstić information content (AvgIpc) is 2.83. The van der Waals surface area contributed by atoms with Gasteiger partial charge in [0.2, 0.25) is 0 Å². The second kappa shape index (κ2) is 4.64. The van der Waals surface area contributed by atoms with Crippen molar-refractivity contribution in [2.45, 2.75) is 37.3 Å². The highest BCUT2D eigenvalue weighted by atomic mass is 16.5. The van der Waals surface area contributed by atoms with E-state index >= 15 is 0 Å². The number of phenols is 1. The number of nitrogens with one attached hydrogen (secondary N) is 2. The average molecular weight is 275 g/mol. The van der Waals surface area contributed by atoms with Gasteiger partial charge in [0, 0.05) is 12.1 Å². The van der Waals surface area contributed by atoms with Gasteiger partial charge >= 0.3 is 0 Å². The smallest absolute Gasteiger partial charge is 0.178 e. The molecule has 0 bridgehead atoms. The van der Waals surface area contributed by atoms with E-state index in [0.717, 1.165) is 26.3 Å². The molecule has 1 aromatic carbocycles. The second-order valence-corrected chi connectivity index (χ2v) is 6.38. The zero-order valence-electron chi connectivity index (χ0n) is 11.8. The van der Waals surface area contributed by atoms with Gasteiger partial charge in [0.1, 0.15) is 18.8 Å². The quantitative estimate of drug-likeness (QED) is 0.672. The van der Waals surface area contributed by atoms with Crippen LogP contribution in [0.2, 0.25) is 0 Å². The first-order valence-electron chi connectivity index (χ1n) is 7.84. The fourth-order valence-corrected chi connectivity index (χ4v) is 4.51. The molecule has 4 rings (SSSR count). The molecule has 0 radical (unpaired) electrons. The minimum absolute atomic E-state index is 0.137. The molecule has 0 aromatic heterocycles. The zero-order chi connectivity index (χ0) is 13.6. The largest absolute Gasteiger partial charge is 0.508 e. The van der Waals surface area contributed by atoms with Gasteiger partial charge < -0.3 is 20.1 Å². The summed E-state index contributed by atoms with van der Waals surface area (Å²) in [5.41, 5.74) is 2.69. The fraction of sp³-hybridized carbons (Fsp3) is 0.625. The van der Waals surface area contributed by atoms with Gasteiger partial charge in [-0.25, -0.2) is 0 Å². The first kappa shape index (κ1) is 12.5. The summed E-state index contributed by atoms with van der Waals surface area (Å²) in [5, 5.41) is 13.7. The van der Waals surface area contributed by atoms with Crippen molar-refractivity contribution >= 4 is 5.69 Å². The van der Waals surface area contributed by atoms with Crippen molar-refractivity contribution in [3.8, 4) is 5.75 Å². The van der Waals surface area contributed by atoms with Crippen LogP contribution >= 0.6 is 0 Å². The molecule has 108 valence electrons. The van der Waals surface area contributed by atoms with Crippen LogP contribution in [-0.4, -0.2) is 37.1 Å². The lowest BCUT2D eigenvalue weighted by molar-refractivity contribution is -0.958. The van der Waals surface area contributed by atoms with Gasteiger partial charge in [0.25, 0.3) is 0 Å². The summed E-state index contributed by atoms with van der Waals surface area (Å²) < 4.78 is 5.54. The number of aromatic hydroxyl groups is 1. The summed E-state index contributed by atoms with van der Waals surface area (Å²) in [6.07, 6.45) is 5.05. The van der Waals surface area contributed by atoms with Crippen LogP contribution in [0.1, 0.15) is 37.2 Å². The van der Waals surface area contributed by atoms with Gasteiger partial charge in [0.15, 0.2) is 5.66 Å². The Hall–Kier alpha value is -1.26. The van der Waals surface area contributed by atoms with E-state index in [1.807, 2.05) is 12.1 Å². The first-order chi connectivity index (χ1) is 9.79. The van der Waals surface area contributed by atoms with Crippen molar-refractivity contribution in [1.29, 1.82) is 0 Å². The summed E-state index contributed by atoms with van der Waals surface area (Å²) >= 11 is 0. The Balaban J connectivity index is 1.74. The van der Waals surface area contributed by atoms with E-state index in [2.05, 4.69) is 5.32 Å². The van der Waals surface area contributed by atoms with Crippen molar-refractivity contribution in [3.05, 3.63) is 23.8 Å². The van der Waals surface area contributed by atoms with Gasteiger partial charge in [-0.05, 0) is 36.6 Å². The predicted octanol–water partition coefficient (Wildman–Crippen LogP) is 1.09. The monoisotopic (exact) mass is 275 g/mol. The normalized spacial score (nSPS) is 33.3. The lowest BCUT2D eigenvalue weighted by Crippen LogP contribution is -3.23. The van der Waals surface area contributed by atoms with E-state index in [4.69, 9.17) is 4.74 Å². The molecule has 4 heteroatoms. The molecule has 1 saturated carbocycles. The Bertz CT molecular complexity index is 513. The maximum Gasteiger partial charge on any atom is 0.178 e. The zero-order valence-corrected chi connectivity index (χ0v) is 11.8. The molecule has 3 aliphatic rings. The highest BCUT2D eigenvalue weighted by Crippen LogP contribution is 2.48. The van der Waals surface area contributed by atoms with E-state index in [-0.39, 0.29) is 5.66 Å². The lowest BCUT2D eigenvalue weighted by Gasteiger charge is -2.46. The molecular weight excluding hydrogens is 252 g/mol. The van der Waals surface area contributed by atoms with Crippen molar-refractivity contribution in [1.82, 2.24) is 0 Å². The molecule has 2 atom stereocenters. The van der Waals surface area contributed by atoms with Crippen molar-refractivity contribution in [2.75, 3.05) is 31.6 Å². The Morgan fingerprint density at radius 2 is 2.10 bits per heavy atom. The number of anilines is 1. The van der Waals surface area contributed by atoms with Crippen LogP contribution in [0.15, 0.2) is 18.2 Å². The maximum atomic E-state index is 9.83. The Morgan fingerprint density at radius 3 is 2.95 bits per heavy atom. The molecule has 4 nitrogen and oxygen atoms in total. The van der Waals surface area contributed by atoms with E-state index in [1.165, 1.54) is 36.9 Å². The molecule has 1 aromatic rings. The molecule has 2 heterocycles. The molecule has 1 aliphatic carbocycles. The maximum absolute atomic E-state index is 9.83. The van der Waals surface area contributed by atoms with E-state index < -0.39 is 0 Å². The first-order valence-corrected chi connectivity index (χ1v) is 7.84.